The SMILES string of the molecule is COc1ccc(C(OC[C@H]2O[C@@H]([N+]3([C@@H]4O[C@H](CO)[C@@H](O)[C@H]4O)C=CC(=O)NC3=O)[C@H](O)[C@@H]2O)(c2ccccc2)c2ccc(OC)cc2)cc1. The second-order valence-corrected chi connectivity index (χ2v) is 12.0. The third-order valence-electron chi connectivity index (χ3n) is 9.39. The maximum atomic E-state index is 13.6. The van der Waals surface area contributed by atoms with Gasteiger partial charge in [-0.05, 0) is 41.0 Å². The van der Waals surface area contributed by atoms with Crippen LogP contribution in [0.5, 0.6) is 11.5 Å². The average molecular weight is 680 g/mol. The molecule has 3 heterocycles. The van der Waals surface area contributed by atoms with E-state index in [0.29, 0.717) is 22.6 Å². The van der Waals surface area contributed by atoms with Crippen LogP contribution in [0.1, 0.15) is 16.7 Å². The van der Waals surface area contributed by atoms with Gasteiger partial charge in [-0.25, -0.2) is 10.1 Å². The number of ether oxygens (including phenoxy) is 5. The molecule has 14 heteroatoms. The Bertz CT molecular complexity index is 1610. The van der Waals surface area contributed by atoms with Crippen LogP contribution in [0.4, 0.5) is 4.79 Å². The zero-order valence-electron chi connectivity index (χ0n) is 26.7. The largest absolute Gasteiger partial charge is 0.497 e. The molecular weight excluding hydrogens is 640 g/mol. The summed E-state index contributed by atoms with van der Waals surface area (Å²) in [5, 5.41) is 56.2. The van der Waals surface area contributed by atoms with Gasteiger partial charge in [0.1, 0.15) is 47.7 Å². The lowest BCUT2D eigenvalue weighted by Gasteiger charge is -2.42. The molecule has 6 N–H and O–H groups in total. The number of aliphatic hydroxyl groups excluding tert-OH is 5. The number of imide groups is 1. The third-order valence-corrected chi connectivity index (χ3v) is 9.39. The lowest BCUT2D eigenvalue weighted by Crippen LogP contribution is -2.71. The van der Waals surface area contributed by atoms with Crippen molar-refractivity contribution < 1.29 is 63.3 Å². The molecule has 3 amide bonds. The van der Waals surface area contributed by atoms with Crippen molar-refractivity contribution in [3.05, 3.63) is 108 Å². The van der Waals surface area contributed by atoms with E-state index in [1.165, 1.54) is 0 Å². The van der Waals surface area contributed by atoms with Crippen molar-refractivity contribution in [2.24, 2.45) is 0 Å². The number of methoxy groups -OCH3 is 2. The number of benzene rings is 3. The number of urea groups is 1. The van der Waals surface area contributed by atoms with Crippen LogP contribution < -0.4 is 14.8 Å². The molecule has 3 aliphatic heterocycles. The fraction of sp³-hybridized carbons (Fsp3) is 0.371. The van der Waals surface area contributed by atoms with Crippen molar-refractivity contribution in [3.8, 4) is 11.5 Å². The Morgan fingerprint density at radius 2 is 1.20 bits per heavy atom. The van der Waals surface area contributed by atoms with Crippen LogP contribution in [-0.4, -0.2) is 118 Å². The number of quaternary nitrogens is 1. The number of aliphatic hydroxyl groups is 5. The highest BCUT2D eigenvalue weighted by Crippen LogP contribution is 2.44. The molecule has 3 aliphatic rings. The first-order valence-electron chi connectivity index (χ1n) is 15.7. The normalized spacial score (nSPS) is 31.5. The van der Waals surface area contributed by atoms with Gasteiger partial charge in [-0.2, -0.15) is 4.48 Å². The van der Waals surface area contributed by atoms with Crippen molar-refractivity contribution in [2.75, 3.05) is 27.4 Å². The second-order valence-electron chi connectivity index (χ2n) is 12.0. The van der Waals surface area contributed by atoms with Crippen molar-refractivity contribution in [2.45, 2.75) is 54.7 Å². The maximum Gasteiger partial charge on any atom is 0.432 e. The summed E-state index contributed by atoms with van der Waals surface area (Å²) >= 11 is 0. The highest BCUT2D eigenvalue weighted by Gasteiger charge is 2.66. The molecule has 14 nitrogen and oxygen atoms in total. The number of rotatable bonds is 11. The molecule has 0 bridgehead atoms. The topological polar surface area (TPSA) is 193 Å². The molecule has 0 radical (unpaired) electrons. The Hall–Kier alpha value is -4.22. The summed E-state index contributed by atoms with van der Waals surface area (Å²) in [6.07, 6.45) is -10.5. The molecule has 2 saturated heterocycles. The second kappa shape index (κ2) is 14.0. The van der Waals surface area contributed by atoms with Crippen LogP contribution in [0.3, 0.4) is 0 Å². The predicted octanol–water partition coefficient (Wildman–Crippen LogP) is 0.478. The van der Waals surface area contributed by atoms with Gasteiger partial charge in [0.15, 0.2) is 12.2 Å². The minimum atomic E-state index is -1.77. The summed E-state index contributed by atoms with van der Waals surface area (Å²) < 4.78 is 28.4. The van der Waals surface area contributed by atoms with Crippen LogP contribution in [-0.2, 0) is 24.6 Å². The Morgan fingerprint density at radius 3 is 1.67 bits per heavy atom. The number of hydrogen-bond donors (Lipinski definition) is 6. The highest BCUT2D eigenvalue weighted by atomic mass is 16.6. The van der Waals surface area contributed by atoms with E-state index in [0.717, 1.165) is 17.8 Å². The summed E-state index contributed by atoms with van der Waals surface area (Å²) in [5.41, 5.74) is 0.806. The van der Waals surface area contributed by atoms with Gasteiger partial charge in [0.2, 0.25) is 12.5 Å². The van der Waals surface area contributed by atoms with Gasteiger partial charge in [0.25, 0.3) is 5.91 Å². The minimum absolute atomic E-state index is 0.331. The van der Waals surface area contributed by atoms with Crippen molar-refractivity contribution in [3.63, 3.8) is 0 Å². The zero-order valence-corrected chi connectivity index (χ0v) is 26.7. The monoisotopic (exact) mass is 679 g/mol. The first kappa shape index (κ1) is 34.6. The molecule has 9 atom stereocenters. The van der Waals surface area contributed by atoms with E-state index in [-0.39, 0.29) is 6.61 Å². The van der Waals surface area contributed by atoms with Gasteiger partial charge in [-0.3, -0.25) is 4.79 Å². The molecule has 1 unspecified atom stereocenters. The Kier molecular flexibility index (Phi) is 9.86. The first-order valence-corrected chi connectivity index (χ1v) is 15.7. The highest BCUT2D eigenvalue weighted by molar-refractivity contribution is 6.00. The number of amides is 3. The smallest absolute Gasteiger partial charge is 0.432 e. The number of nitrogens with one attached hydrogen (secondary N) is 1. The van der Waals surface area contributed by atoms with Gasteiger partial charge < -0.3 is 49.2 Å². The van der Waals surface area contributed by atoms with Gasteiger partial charge in [0, 0.05) is 0 Å². The first-order chi connectivity index (χ1) is 23.6. The summed E-state index contributed by atoms with van der Waals surface area (Å²) in [5.74, 6) is 0.461. The van der Waals surface area contributed by atoms with E-state index in [1.807, 2.05) is 54.6 Å². The van der Waals surface area contributed by atoms with Crippen molar-refractivity contribution >= 4 is 11.9 Å². The van der Waals surface area contributed by atoms with E-state index in [9.17, 15) is 35.1 Å². The van der Waals surface area contributed by atoms with Crippen molar-refractivity contribution in [1.82, 2.24) is 5.32 Å². The molecule has 6 rings (SSSR count). The van der Waals surface area contributed by atoms with Crippen LogP contribution in [0, 0.1) is 0 Å². The standard InChI is InChI=1S/C35H38N2O12/c1-45-23-12-8-21(9-13-23)35(20-6-4-3-5-7-20,22-10-14-24(46-2)15-11-22)47-19-26-29(41)31(43)33(49-26)37(17-16-27(39)36-34(37)44)32-30(42)28(40)25(18-38)48-32/h3-17,25-26,28-33,38,40-43H,18-19H2,1-2H3/p+1/t25-,26-,28-,29-,30-,31-,32-,33-,37?/m1/s1. The summed E-state index contributed by atoms with van der Waals surface area (Å²) in [4.78, 5) is 25.8. The Morgan fingerprint density at radius 1 is 0.714 bits per heavy atom. The lowest BCUT2D eigenvalue weighted by atomic mass is 9.80. The molecular formula is C35H39N2O12+. The number of carbonyl (C=O) groups is 2. The van der Waals surface area contributed by atoms with E-state index >= 15 is 0 Å². The minimum Gasteiger partial charge on any atom is -0.497 e. The average Bonchev–Trinajstić information content (AvgIpc) is 3.59. The zero-order chi connectivity index (χ0) is 34.9. The molecule has 260 valence electrons. The van der Waals surface area contributed by atoms with E-state index < -0.39 is 77.7 Å². The van der Waals surface area contributed by atoms with Crippen LogP contribution in [0.15, 0.2) is 91.1 Å². The molecule has 0 aliphatic carbocycles. The number of carbonyl (C=O) groups excluding carboxylic acids is 2. The maximum absolute atomic E-state index is 13.6. The molecule has 3 aromatic carbocycles. The number of hydrogen-bond acceptors (Lipinski definition) is 12. The van der Waals surface area contributed by atoms with Gasteiger partial charge in [-0.1, -0.05) is 54.6 Å². The molecule has 0 spiro atoms. The van der Waals surface area contributed by atoms with E-state index in [4.69, 9.17) is 23.7 Å². The van der Waals surface area contributed by atoms with E-state index in [2.05, 4.69) is 5.32 Å². The Labute approximate surface area is 281 Å². The number of nitrogens with zero attached hydrogens (tertiary/aromatic N) is 1. The van der Waals surface area contributed by atoms with E-state index in [1.54, 1.807) is 38.5 Å². The molecule has 0 aromatic heterocycles. The van der Waals surface area contributed by atoms with Gasteiger partial charge in [-0.15, -0.1) is 0 Å². The fourth-order valence-electron chi connectivity index (χ4n) is 6.78. The van der Waals surface area contributed by atoms with Gasteiger partial charge >= 0.3 is 6.03 Å². The quantitative estimate of drug-likeness (QED) is 0.122. The molecule has 2 fully saturated rings. The van der Waals surface area contributed by atoms with Gasteiger partial charge in [0.05, 0.1) is 33.5 Å². The summed E-state index contributed by atoms with van der Waals surface area (Å²) in [6, 6.07) is 22.9. The summed E-state index contributed by atoms with van der Waals surface area (Å²) in [7, 11) is 3.12. The Balaban J connectivity index is 1.40. The third kappa shape index (κ3) is 5.90. The van der Waals surface area contributed by atoms with Crippen LogP contribution in [0.25, 0.3) is 0 Å². The fourth-order valence-corrected chi connectivity index (χ4v) is 6.78. The lowest BCUT2D eigenvalue weighted by molar-refractivity contribution is -0.904. The molecule has 0 saturated carbocycles. The summed E-state index contributed by atoms with van der Waals surface area (Å²) in [6.45, 7) is -1.02. The predicted molar refractivity (Wildman–Crippen MR) is 170 cm³/mol. The van der Waals surface area contributed by atoms with Crippen LogP contribution >= 0.6 is 0 Å². The van der Waals surface area contributed by atoms with Crippen molar-refractivity contribution in [1.29, 1.82) is 0 Å². The molecule has 3 aromatic rings. The molecule has 49 heavy (non-hydrogen) atoms. The van der Waals surface area contributed by atoms with Crippen LogP contribution in [0.2, 0.25) is 0 Å².